The number of benzene rings is 1. The molecule has 4 amide bonds. The number of ether oxygens (including phenoxy) is 1. The van der Waals surface area contributed by atoms with Crippen LogP contribution in [-0.2, 0) is 56.0 Å². The highest BCUT2D eigenvalue weighted by molar-refractivity contribution is 7.84. The predicted molar refractivity (Wildman–Crippen MR) is 202 cm³/mol. The van der Waals surface area contributed by atoms with Gasteiger partial charge in [0, 0.05) is 30.8 Å². The smallest absolute Gasteiger partial charge is 0.410 e. The van der Waals surface area contributed by atoms with Crippen LogP contribution in [0.4, 0.5) is 9.93 Å². The molecular formula is C39H50N6O6S2. The van der Waals surface area contributed by atoms with Crippen LogP contribution < -0.4 is 15.4 Å². The van der Waals surface area contributed by atoms with E-state index in [0.29, 0.717) is 24.6 Å². The van der Waals surface area contributed by atoms with Crippen LogP contribution in [-0.4, -0.2) is 78.3 Å². The number of carbonyl (C=O) groups is 4. The molecule has 0 radical (unpaired) electrons. The molecule has 3 N–H and O–H groups in total. The molecule has 6 aliphatic rings. The van der Waals surface area contributed by atoms with Crippen molar-refractivity contribution < 1.29 is 28.1 Å². The quantitative estimate of drug-likeness (QED) is 0.338. The first-order valence-electron chi connectivity index (χ1n) is 19.5. The van der Waals surface area contributed by atoms with Crippen molar-refractivity contribution in [1.82, 2.24) is 24.8 Å². The number of aryl methyl sites for hydroxylation is 2. The van der Waals surface area contributed by atoms with Gasteiger partial charge in [-0.1, -0.05) is 50.0 Å². The van der Waals surface area contributed by atoms with Gasteiger partial charge in [0.2, 0.25) is 11.8 Å². The van der Waals surface area contributed by atoms with E-state index in [1.54, 1.807) is 15.9 Å². The fraction of sp³-hybridized carbons (Fsp3) is 0.615. The Morgan fingerprint density at radius 1 is 1.04 bits per heavy atom. The van der Waals surface area contributed by atoms with Gasteiger partial charge >= 0.3 is 6.09 Å². The third-order valence-electron chi connectivity index (χ3n) is 12.1. The lowest BCUT2D eigenvalue weighted by molar-refractivity contribution is -0.141. The van der Waals surface area contributed by atoms with E-state index in [2.05, 4.69) is 45.5 Å². The molecule has 12 nitrogen and oxygen atoms in total. The summed E-state index contributed by atoms with van der Waals surface area (Å²) in [4.78, 5) is 64.7. The molecule has 1 aromatic carbocycles. The van der Waals surface area contributed by atoms with Crippen molar-refractivity contribution >= 4 is 51.3 Å². The summed E-state index contributed by atoms with van der Waals surface area (Å²) < 4.78 is 21.4. The molecule has 8 rings (SSSR count). The SMILES string of the molecule is C=C[C@@H]1C[C@]1(NC(=O)[C@@H]1C[C@@H]2CN1C(=O)[C@H](C1CCCCC1)Nc1nc(cs1)CCCCCc1cccc3c1CN(C3)C(=O)O2)C(=O)NS(=O)C1CC1. The normalized spacial score (nSPS) is 29.8. The summed E-state index contributed by atoms with van der Waals surface area (Å²) >= 11 is 1.50. The monoisotopic (exact) mass is 762 g/mol. The second kappa shape index (κ2) is 15.2. The lowest BCUT2D eigenvalue weighted by Gasteiger charge is -2.34. The molecule has 1 aromatic heterocycles. The van der Waals surface area contributed by atoms with E-state index in [1.807, 2.05) is 0 Å². The van der Waals surface area contributed by atoms with Crippen LogP contribution in [0.5, 0.6) is 0 Å². The Morgan fingerprint density at radius 2 is 1.81 bits per heavy atom. The summed E-state index contributed by atoms with van der Waals surface area (Å²) in [5, 5.41) is 9.18. The minimum absolute atomic E-state index is 0.0483. The molecule has 4 heterocycles. The Hall–Kier alpha value is -3.78. The number of aromatic nitrogens is 1. The summed E-state index contributed by atoms with van der Waals surface area (Å²) in [6.45, 7) is 4.83. The minimum atomic E-state index is -1.53. The summed E-state index contributed by atoms with van der Waals surface area (Å²) in [6, 6.07) is 4.67. The maximum absolute atomic E-state index is 14.9. The number of thiazole rings is 1. The average molecular weight is 763 g/mol. The van der Waals surface area contributed by atoms with Crippen LogP contribution in [0.15, 0.2) is 36.2 Å². The number of nitrogens with zero attached hydrogens (tertiary/aromatic N) is 3. The van der Waals surface area contributed by atoms with Crippen LogP contribution in [0, 0.1) is 11.8 Å². The summed E-state index contributed by atoms with van der Waals surface area (Å²) in [5.74, 6) is -1.52. The molecule has 3 saturated carbocycles. The lowest BCUT2D eigenvalue weighted by atomic mass is 9.83. The van der Waals surface area contributed by atoms with Crippen molar-refractivity contribution in [3.8, 4) is 0 Å². The van der Waals surface area contributed by atoms with E-state index in [-0.39, 0.29) is 36.0 Å². The highest BCUT2D eigenvalue weighted by Gasteiger charge is 2.61. The summed E-state index contributed by atoms with van der Waals surface area (Å²) in [5.41, 5.74) is 3.27. The van der Waals surface area contributed by atoms with Crippen molar-refractivity contribution in [3.63, 3.8) is 0 Å². The molecule has 4 fully saturated rings. The van der Waals surface area contributed by atoms with Crippen molar-refractivity contribution in [2.45, 2.75) is 132 Å². The number of carbonyl (C=O) groups excluding carboxylic acids is 4. The standard InChI is InChI=1S/C39H50N6O6S2/c1-2-27-19-39(27,36(48)43-53(50)30-16-17-30)42-34(46)32-18-29-21-45(32)35(47)33(25-11-6-3-7-12-25)41-37-40-28(23-52-37)15-8-4-5-10-24-13-9-14-26-20-44(22-31(24)26)38(49)51-29/h2,9,13-14,23,25,27,29-30,32-33H,1,3-8,10-12,15-22H2,(H,40,41)(H,42,46)(H,43,48)/t27-,29-,32+,33+,39-,53?/m1/s1. The Bertz CT molecular complexity index is 1790. The van der Waals surface area contributed by atoms with Gasteiger partial charge in [-0.2, -0.15) is 0 Å². The summed E-state index contributed by atoms with van der Waals surface area (Å²) in [7, 11) is -1.53. The minimum Gasteiger partial charge on any atom is -0.444 e. The fourth-order valence-corrected chi connectivity index (χ4v) is 10.7. The number of anilines is 1. The highest BCUT2D eigenvalue weighted by atomic mass is 32.2. The van der Waals surface area contributed by atoms with Gasteiger partial charge < -0.3 is 20.3 Å². The van der Waals surface area contributed by atoms with E-state index >= 15 is 0 Å². The number of hydrogen-bond acceptors (Lipinski definition) is 9. The van der Waals surface area contributed by atoms with Gasteiger partial charge in [-0.3, -0.25) is 24.0 Å². The van der Waals surface area contributed by atoms with E-state index in [1.165, 1.54) is 22.5 Å². The van der Waals surface area contributed by atoms with Crippen LogP contribution in [0.2, 0.25) is 0 Å². The maximum atomic E-state index is 14.9. The third-order valence-corrected chi connectivity index (χ3v) is 14.4. The van der Waals surface area contributed by atoms with Crippen LogP contribution in [0.1, 0.15) is 99.4 Å². The highest BCUT2D eigenvalue weighted by Crippen LogP contribution is 2.45. The van der Waals surface area contributed by atoms with Gasteiger partial charge in [0.15, 0.2) is 5.13 Å². The third kappa shape index (κ3) is 7.63. The molecule has 2 aromatic rings. The predicted octanol–water partition coefficient (Wildman–Crippen LogP) is 4.90. The molecule has 3 aliphatic heterocycles. The van der Waals surface area contributed by atoms with Gasteiger partial charge in [0.05, 0.1) is 17.5 Å². The van der Waals surface area contributed by atoms with Gasteiger partial charge in [0.1, 0.15) is 34.7 Å². The number of fused-ring (bicyclic) bond motifs is 5. The van der Waals surface area contributed by atoms with Gasteiger partial charge in [0.25, 0.3) is 5.91 Å². The summed E-state index contributed by atoms with van der Waals surface area (Å²) in [6.07, 6.45) is 12.3. The van der Waals surface area contributed by atoms with Crippen LogP contribution >= 0.6 is 11.3 Å². The van der Waals surface area contributed by atoms with Gasteiger partial charge in [-0.05, 0) is 80.4 Å². The first kappa shape index (κ1) is 36.2. The Labute approximate surface area is 317 Å². The molecule has 6 bridgehead atoms. The van der Waals surface area contributed by atoms with E-state index in [4.69, 9.17) is 9.72 Å². The molecule has 1 saturated heterocycles. The second-order valence-corrected chi connectivity index (χ2v) is 18.1. The van der Waals surface area contributed by atoms with E-state index in [9.17, 15) is 23.4 Å². The topological polar surface area (TPSA) is 150 Å². The van der Waals surface area contributed by atoms with E-state index < -0.39 is 52.6 Å². The zero-order valence-electron chi connectivity index (χ0n) is 30.2. The van der Waals surface area contributed by atoms with Crippen molar-refractivity contribution in [2.75, 3.05) is 11.9 Å². The largest absolute Gasteiger partial charge is 0.444 e. The zero-order chi connectivity index (χ0) is 36.7. The van der Waals surface area contributed by atoms with Crippen LogP contribution in [0.25, 0.3) is 0 Å². The van der Waals surface area contributed by atoms with Crippen molar-refractivity contribution in [1.29, 1.82) is 0 Å². The second-order valence-electron chi connectivity index (χ2n) is 15.8. The lowest BCUT2D eigenvalue weighted by Crippen LogP contribution is -2.57. The van der Waals surface area contributed by atoms with Gasteiger partial charge in [-0.25, -0.2) is 14.0 Å². The molecule has 6 atom stereocenters. The molecule has 14 heteroatoms. The molecular weight excluding hydrogens is 713 g/mol. The number of hydrogen-bond donors (Lipinski definition) is 3. The number of rotatable bonds is 7. The average Bonchev–Trinajstić information content (AvgIpc) is 3.97. The molecule has 3 aliphatic carbocycles. The number of nitrogens with one attached hydrogen (secondary N) is 3. The Balaban J connectivity index is 1.08. The van der Waals surface area contributed by atoms with Gasteiger partial charge in [-0.15, -0.1) is 17.9 Å². The molecule has 284 valence electrons. The maximum Gasteiger partial charge on any atom is 0.410 e. The zero-order valence-corrected chi connectivity index (χ0v) is 31.8. The van der Waals surface area contributed by atoms with Crippen molar-refractivity contribution in [2.24, 2.45) is 11.8 Å². The first-order valence-corrected chi connectivity index (χ1v) is 21.5. The first-order chi connectivity index (χ1) is 25.7. The van der Waals surface area contributed by atoms with Crippen LogP contribution in [0.3, 0.4) is 0 Å². The molecule has 1 unspecified atom stereocenters. The Kier molecular flexibility index (Phi) is 10.4. The Morgan fingerprint density at radius 3 is 2.58 bits per heavy atom. The van der Waals surface area contributed by atoms with E-state index in [0.717, 1.165) is 88.3 Å². The van der Waals surface area contributed by atoms with Crippen molar-refractivity contribution in [3.05, 3.63) is 58.6 Å². The molecule has 53 heavy (non-hydrogen) atoms. The molecule has 0 spiro atoms. The fourth-order valence-electron chi connectivity index (χ4n) is 8.78. The number of amides is 4.